The predicted molar refractivity (Wildman–Crippen MR) is 80.5 cm³/mol. The van der Waals surface area contributed by atoms with Crippen molar-refractivity contribution in [1.82, 2.24) is 15.0 Å². The fourth-order valence-corrected chi connectivity index (χ4v) is 2.45. The number of hydrogen-bond donors (Lipinski definition) is 1. The molecule has 1 heterocycles. The molecule has 20 heavy (non-hydrogen) atoms. The molecule has 0 atom stereocenters. The van der Waals surface area contributed by atoms with Crippen molar-refractivity contribution in [3.8, 4) is 0 Å². The highest BCUT2D eigenvalue weighted by molar-refractivity contribution is 6.28. The molecule has 2 rings (SSSR count). The van der Waals surface area contributed by atoms with Gasteiger partial charge in [-0.05, 0) is 45.2 Å². The summed E-state index contributed by atoms with van der Waals surface area (Å²) in [4.78, 5) is 14.8. The number of anilines is 2. The van der Waals surface area contributed by atoms with E-state index in [2.05, 4.69) is 34.1 Å². The first-order valence-corrected chi connectivity index (χ1v) is 7.58. The number of aromatic nitrogens is 3. The van der Waals surface area contributed by atoms with Gasteiger partial charge in [-0.3, -0.25) is 0 Å². The summed E-state index contributed by atoms with van der Waals surface area (Å²) in [6, 6.07) is 0.356. The standard InChI is InChI=1S/C13H22ClN5O/c1-4-19(5-2)13-17-11(14)16-12(18-13)15-9-7-10(8-9)20-6-3/h9-10H,4-8H2,1-3H3,(H,15,16,17,18). The van der Waals surface area contributed by atoms with Crippen LogP contribution in [0.1, 0.15) is 33.6 Å². The maximum absolute atomic E-state index is 5.98. The molecule has 112 valence electrons. The highest BCUT2D eigenvalue weighted by Crippen LogP contribution is 2.26. The molecule has 1 aliphatic carbocycles. The molecule has 7 heteroatoms. The van der Waals surface area contributed by atoms with Crippen LogP contribution in [0.4, 0.5) is 11.9 Å². The molecular weight excluding hydrogens is 278 g/mol. The molecule has 0 unspecified atom stereocenters. The van der Waals surface area contributed by atoms with Gasteiger partial charge >= 0.3 is 0 Å². The molecule has 0 bridgehead atoms. The lowest BCUT2D eigenvalue weighted by atomic mass is 9.89. The fraction of sp³-hybridized carbons (Fsp3) is 0.769. The van der Waals surface area contributed by atoms with Gasteiger partial charge in [0.05, 0.1) is 6.10 Å². The van der Waals surface area contributed by atoms with E-state index in [0.717, 1.165) is 32.5 Å². The SMILES string of the molecule is CCOC1CC(Nc2nc(Cl)nc(N(CC)CC)n2)C1. The van der Waals surface area contributed by atoms with Crippen LogP contribution in [-0.2, 0) is 4.74 Å². The van der Waals surface area contributed by atoms with Gasteiger partial charge in [-0.2, -0.15) is 15.0 Å². The summed E-state index contributed by atoms with van der Waals surface area (Å²) < 4.78 is 5.54. The monoisotopic (exact) mass is 299 g/mol. The number of ether oxygens (including phenoxy) is 1. The quantitative estimate of drug-likeness (QED) is 0.834. The third-order valence-corrected chi connectivity index (χ3v) is 3.64. The number of nitrogens with one attached hydrogen (secondary N) is 1. The molecule has 1 N–H and O–H groups in total. The summed E-state index contributed by atoms with van der Waals surface area (Å²) in [5.74, 6) is 1.17. The van der Waals surface area contributed by atoms with Gasteiger partial charge in [-0.15, -0.1) is 0 Å². The summed E-state index contributed by atoms with van der Waals surface area (Å²) in [6.07, 6.45) is 2.33. The molecule has 1 fully saturated rings. The minimum atomic E-state index is 0.227. The first-order valence-electron chi connectivity index (χ1n) is 7.20. The Morgan fingerprint density at radius 1 is 1.20 bits per heavy atom. The number of halogens is 1. The smallest absolute Gasteiger partial charge is 0.231 e. The summed E-state index contributed by atoms with van der Waals surface area (Å²) in [5, 5.41) is 3.52. The third-order valence-electron chi connectivity index (χ3n) is 3.47. The maximum Gasteiger partial charge on any atom is 0.231 e. The molecule has 1 saturated carbocycles. The van der Waals surface area contributed by atoms with E-state index in [1.165, 1.54) is 0 Å². The minimum absolute atomic E-state index is 0.227. The molecule has 0 radical (unpaired) electrons. The lowest BCUT2D eigenvalue weighted by Crippen LogP contribution is -2.41. The predicted octanol–water partition coefficient (Wildman–Crippen LogP) is 2.35. The van der Waals surface area contributed by atoms with E-state index < -0.39 is 0 Å². The van der Waals surface area contributed by atoms with Gasteiger partial charge in [0.25, 0.3) is 0 Å². The van der Waals surface area contributed by atoms with E-state index in [0.29, 0.717) is 24.0 Å². The Hall–Kier alpha value is -1.14. The van der Waals surface area contributed by atoms with Crippen LogP contribution in [0.5, 0.6) is 0 Å². The molecule has 0 saturated heterocycles. The molecule has 0 amide bonds. The number of rotatable bonds is 7. The Balaban J connectivity index is 1.98. The molecule has 6 nitrogen and oxygen atoms in total. The van der Waals surface area contributed by atoms with Crippen molar-refractivity contribution in [2.24, 2.45) is 0 Å². The van der Waals surface area contributed by atoms with Crippen molar-refractivity contribution in [2.45, 2.75) is 45.8 Å². The van der Waals surface area contributed by atoms with Gasteiger partial charge in [0, 0.05) is 25.7 Å². The summed E-state index contributed by atoms with van der Waals surface area (Å²) in [7, 11) is 0. The van der Waals surface area contributed by atoms with Gasteiger partial charge in [0.2, 0.25) is 17.2 Å². The van der Waals surface area contributed by atoms with Crippen LogP contribution in [0, 0.1) is 0 Å². The van der Waals surface area contributed by atoms with Crippen molar-refractivity contribution in [1.29, 1.82) is 0 Å². The first kappa shape index (κ1) is 15.3. The topological polar surface area (TPSA) is 63.2 Å². The molecule has 1 aliphatic rings. The van der Waals surface area contributed by atoms with Crippen molar-refractivity contribution in [3.63, 3.8) is 0 Å². The Kier molecular flexibility index (Phi) is 5.37. The first-order chi connectivity index (χ1) is 9.66. The van der Waals surface area contributed by atoms with Gasteiger partial charge < -0.3 is 15.0 Å². The molecule has 1 aromatic heterocycles. The lowest BCUT2D eigenvalue weighted by molar-refractivity contribution is 0.00285. The molecule has 0 aliphatic heterocycles. The van der Waals surface area contributed by atoms with E-state index in [1.54, 1.807) is 0 Å². The number of nitrogens with zero attached hydrogens (tertiary/aromatic N) is 4. The zero-order valence-corrected chi connectivity index (χ0v) is 13.0. The minimum Gasteiger partial charge on any atom is -0.378 e. The van der Waals surface area contributed by atoms with Crippen LogP contribution in [0.3, 0.4) is 0 Å². The van der Waals surface area contributed by atoms with Crippen molar-refractivity contribution >= 4 is 23.5 Å². The second kappa shape index (κ2) is 7.04. The number of hydrogen-bond acceptors (Lipinski definition) is 6. The average Bonchev–Trinajstić information content (AvgIpc) is 2.37. The van der Waals surface area contributed by atoms with Crippen LogP contribution < -0.4 is 10.2 Å². The van der Waals surface area contributed by atoms with E-state index in [4.69, 9.17) is 16.3 Å². The Morgan fingerprint density at radius 3 is 2.50 bits per heavy atom. The van der Waals surface area contributed by atoms with Crippen LogP contribution in [-0.4, -0.2) is 46.8 Å². The van der Waals surface area contributed by atoms with Crippen LogP contribution in [0.25, 0.3) is 0 Å². The van der Waals surface area contributed by atoms with Crippen molar-refractivity contribution in [3.05, 3.63) is 5.28 Å². The van der Waals surface area contributed by atoms with Gasteiger partial charge in [0.15, 0.2) is 0 Å². The van der Waals surface area contributed by atoms with E-state index >= 15 is 0 Å². The zero-order valence-electron chi connectivity index (χ0n) is 12.3. The lowest BCUT2D eigenvalue weighted by Gasteiger charge is -2.35. The average molecular weight is 300 g/mol. The van der Waals surface area contributed by atoms with Gasteiger partial charge in [0.1, 0.15) is 0 Å². The van der Waals surface area contributed by atoms with Gasteiger partial charge in [-0.25, -0.2) is 0 Å². The molecule has 0 spiro atoms. The highest BCUT2D eigenvalue weighted by Gasteiger charge is 2.30. The van der Waals surface area contributed by atoms with E-state index in [-0.39, 0.29) is 5.28 Å². The van der Waals surface area contributed by atoms with Crippen LogP contribution >= 0.6 is 11.6 Å². The van der Waals surface area contributed by atoms with E-state index in [9.17, 15) is 0 Å². The van der Waals surface area contributed by atoms with Crippen LogP contribution in [0.15, 0.2) is 0 Å². The van der Waals surface area contributed by atoms with Crippen LogP contribution in [0.2, 0.25) is 5.28 Å². The van der Waals surface area contributed by atoms with Crippen molar-refractivity contribution < 1.29 is 4.74 Å². The van der Waals surface area contributed by atoms with Gasteiger partial charge in [-0.1, -0.05) is 0 Å². The maximum atomic E-state index is 5.98. The second-order valence-electron chi connectivity index (χ2n) is 4.79. The second-order valence-corrected chi connectivity index (χ2v) is 5.13. The highest BCUT2D eigenvalue weighted by atomic mass is 35.5. The third kappa shape index (κ3) is 3.70. The Labute approximate surface area is 124 Å². The summed E-state index contributed by atoms with van der Waals surface area (Å²) in [6.45, 7) is 8.59. The molecule has 0 aromatic carbocycles. The van der Waals surface area contributed by atoms with Crippen molar-refractivity contribution in [2.75, 3.05) is 29.9 Å². The molecule has 1 aromatic rings. The normalized spacial score (nSPS) is 21.4. The zero-order chi connectivity index (χ0) is 14.5. The fourth-order valence-electron chi connectivity index (χ4n) is 2.29. The van der Waals surface area contributed by atoms with E-state index in [1.807, 2.05) is 11.8 Å². The summed E-state index contributed by atoms with van der Waals surface area (Å²) >= 11 is 5.98. The Bertz CT molecular complexity index is 435. The summed E-state index contributed by atoms with van der Waals surface area (Å²) in [5.41, 5.74) is 0. The largest absolute Gasteiger partial charge is 0.378 e. The molecular formula is C13H22ClN5O. The Morgan fingerprint density at radius 2 is 1.90 bits per heavy atom.